The van der Waals surface area contributed by atoms with Crippen molar-refractivity contribution < 1.29 is 4.74 Å². The van der Waals surface area contributed by atoms with Crippen molar-refractivity contribution >= 4 is 11.6 Å². The zero-order chi connectivity index (χ0) is 13.7. The third-order valence-corrected chi connectivity index (χ3v) is 5.07. The molecule has 1 aliphatic heterocycles. The molecule has 1 saturated heterocycles. The molecule has 2 rings (SSSR count). The highest BCUT2D eigenvalue weighted by molar-refractivity contribution is 6.20. The van der Waals surface area contributed by atoms with Gasteiger partial charge < -0.3 is 10.1 Å². The third-order valence-electron chi connectivity index (χ3n) is 4.50. The maximum atomic E-state index is 6.39. The van der Waals surface area contributed by atoms with Gasteiger partial charge in [-0.15, -0.1) is 11.6 Å². The first-order valence-electron chi connectivity index (χ1n) is 7.87. The van der Waals surface area contributed by atoms with Gasteiger partial charge in [0, 0.05) is 31.1 Å². The van der Waals surface area contributed by atoms with Gasteiger partial charge in [0.25, 0.3) is 0 Å². The summed E-state index contributed by atoms with van der Waals surface area (Å²) in [7, 11) is 0. The second kappa shape index (κ2) is 7.82. The fraction of sp³-hybridized carbons (Fsp3) is 1.00. The first-order valence-corrected chi connectivity index (χ1v) is 8.31. The van der Waals surface area contributed by atoms with E-state index in [4.69, 9.17) is 16.3 Å². The average Bonchev–Trinajstić information content (AvgIpc) is 2.41. The van der Waals surface area contributed by atoms with E-state index >= 15 is 0 Å². The van der Waals surface area contributed by atoms with E-state index < -0.39 is 0 Å². The summed E-state index contributed by atoms with van der Waals surface area (Å²) in [5, 5.41) is 3.95. The van der Waals surface area contributed by atoms with Crippen LogP contribution >= 0.6 is 11.6 Å². The molecule has 1 saturated carbocycles. The van der Waals surface area contributed by atoms with Crippen molar-refractivity contribution in [3.63, 3.8) is 0 Å². The first-order chi connectivity index (χ1) is 9.16. The number of halogens is 1. The van der Waals surface area contributed by atoms with Crippen LogP contribution in [0.25, 0.3) is 0 Å². The number of alkyl halides is 1. The van der Waals surface area contributed by atoms with Gasteiger partial charge in [-0.05, 0) is 39.2 Å². The molecule has 2 fully saturated rings. The maximum absolute atomic E-state index is 6.39. The highest BCUT2D eigenvalue weighted by atomic mass is 35.5. The van der Waals surface area contributed by atoms with Crippen LogP contribution < -0.4 is 5.32 Å². The van der Waals surface area contributed by atoms with Crippen LogP contribution in [0.15, 0.2) is 0 Å². The van der Waals surface area contributed by atoms with Crippen LogP contribution in [0.1, 0.15) is 39.5 Å². The largest absolute Gasteiger partial charge is 0.374 e. The molecule has 3 unspecified atom stereocenters. The molecule has 1 aliphatic carbocycles. The molecule has 0 spiro atoms. The minimum absolute atomic E-state index is 0.341. The molecule has 0 radical (unpaired) electrons. The van der Waals surface area contributed by atoms with E-state index in [-0.39, 0.29) is 0 Å². The lowest BCUT2D eigenvalue weighted by Gasteiger charge is -2.36. The lowest BCUT2D eigenvalue weighted by atomic mass is 9.89. The average molecular weight is 289 g/mol. The first kappa shape index (κ1) is 15.6. The molecule has 0 aromatic heterocycles. The zero-order valence-electron chi connectivity index (χ0n) is 12.4. The smallest absolute Gasteiger partial charge is 0.0826 e. The molecule has 2 aliphatic rings. The van der Waals surface area contributed by atoms with Crippen LogP contribution in [0.2, 0.25) is 0 Å². The summed E-state index contributed by atoms with van der Waals surface area (Å²) in [6, 6.07) is 0.622. The Morgan fingerprint density at radius 1 is 1.26 bits per heavy atom. The molecule has 0 amide bonds. The minimum atomic E-state index is 0.341. The summed E-state index contributed by atoms with van der Waals surface area (Å²) < 4.78 is 5.84. The summed E-state index contributed by atoms with van der Waals surface area (Å²) in [5.74, 6) is 0.653. The molecule has 0 aromatic carbocycles. The van der Waals surface area contributed by atoms with Crippen molar-refractivity contribution in [3.8, 4) is 0 Å². The van der Waals surface area contributed by atoms with Crippen molar-refractivity contribution in [2.24, 2.45) is 5.92 Å². The van der Waals surface area contributed by atoms with Crippen molar-refractivity contribution in [1.29, 1.82) is 0 Å². The van der Waals surface area contributed by atoms with Gasteiger partial charge in [0.05, 0.1) is 12.7 Å². The molecule has 3 atom stereocenters. The number of ether oxygens (including phenoxy) is 1. The van der Waals surface area contributed by atoms with Crippen LogP contribution in [0, 0.1) is 5.92 Å². The predicted octanol–water partition coefficient (Wildman–Crippen LogP) is 2.48. The monoisotopic (exact) mass is 288 g/mol. The van der Waals surface area contributed by atoms with E-state index in [0.29, 0.717) is 23.4 Å². The number of nitrogens with zero attached hydrogens (tertiary/aromatic N) is 1. The standard InChI is InChI=1S/C15H29ClN2O/c1-12(2)18-7-8-19-14(11-18)10-17-9-13-5-3-4-6-15(13)16/h12-15,17H,3-11H2,1-2H3. The Morgan fingerprint density at radius 3 is 2.79 bits per heavy atom. The van der Waals surface area contributed by atoms with E-state index in [2.05, 4.69) is 24.1 Å². The van der Waals surface area contributed by atoms with E-state index in [9.17, 15) is 0 Å². The Balaban J connectivity index is 1.64. The zero-order valence-corrected chi connectivity index (χ0v) is 13.2. The molecule has 19 heavy (non-hydrogen) atoms. The quantitative estimate of drug-likeness (QED) is 0.787. The van der Waals surface area contributed by atoms with Crippen LogP contribution in [-0.4, -0.2) is 55.2 Å². The number of hydrogen-bond acceptors (Lipinski definition) is 3. The highest BCUT2D eigenvalue weighted by Crippen LogP contribution is 2.27. The molecule has 4 heteroatoms. The van der Waals surface area contributed by atoms with Gasteiger partial charge in [-0.2, -0.15) is 0 Å². The normalized spacial score (nSPS) is 33.8. The molecular formula is C15H29ClN2O. The topological polar surface area (TPSA) is 24.5 Å². The SMILES string of the molecule is CC(C)N1CCOC(CNCC2CCCCC2Cl)C1. The van der Waals surface area contributed by atoms with E-state index in [1.807, 2.05) is 0 Å². The Kier molecular flexibility index (Phi) is 6.40. The van der Waals surface area contributed by atoms with Gasteiger partial charge in [-0.1, -0.05) is 12.8 Å². The van der Waals surface area contributed by atoms with Gasteiger partial charge in [0.1, 0.15) is 0 Å². The van der Waals surface area contributed by atoms with Crippen LogP contribution in [0.3, 0.4) is 0 Å². The van der Waals surface area contributed by atoms with Gasteiger partial charge in [0.15, 0.2) is 0 Å². The third kappa shape index (κ3) is 4.89. The minimum Gasteiger partial charge on any atom is -0.374 e. The van der Waals surface area contributed by atoms with Gasteiger partial charge in [0.2, 0.25) is 0 Å². The van der Waals surface area contributed by atoms with Crippen LogP contribution in [0.4, 0.5) is 0 Å². The molecule has 0 aromatic rings. The lowest BCUT2D eigenvalue weighted by Crippen LogP contribution is -2.49. The number of hydrogen-bond donors (Lipinski definition) is 1. The number of nitrogens with one attached hydrogen (secondary N) is 1. The van der Waals surface area contributed by atoms with Gasteiger partial charge in [-0.3, -0.25) is 4.90 Å². The van der Waals surface area contributed by atoms with Gasteiger partial charge >= 0.3 is 0 Å². The van der Waals surface area contributed by atoms with E-state index in [1.54, 1.807) is 0 Å². The second-order valence-electron chi connectivity index (χ2n) is 6.30. The van der Waals surface area contributed by atoms with Crippen LogP contribution in [0.5, 0.6) is 0 Å². The fourth-order valence-corrected chi connectivity index (χ4v) is 3.53. The van der Waals surface area contributed by atoms with E-state index in [0.717, 1.165) is 32.8 Å². The Morgan fingerprint density at radius 2 is 2.05 bits per heavy atom. The van der Waals surface area contributed by atoms with Crippen molar-refractivity contribution in [2.75, 3.05) is 32.8 Å². The summed E-state index contributed by atoms with van der Waals surface area (Å²) in [6.07, 6.45) is 5.46. The van der Waals surface area contributed by atoms with Crippen LogP contribution in [-0.2, 0) is 4.74 Å². The summed E-state index contributed by atoms with van der Waals surface area (Å²) in [5.41, 5.74) is 0. The van der Waals surface area contributed by atoms with E-state index in [1.165, 1.54) is 25.7 Å². The molecule has 3 nitrogen and oxygen atoms in total. The summed E-state index contributed by atoms with van der Waals surface area (Å²) >= 11 is 6.39. The molecule has 1 heterocycles. The Labute approximate surface area is 123 Å². The molecule has 1 N–H and O–H groups in total. The predicted molar refractivity (Wildman–Crippen MR) is 80.9 cm³/mol. The molecular weight excluding hydrogens is 260 g/mol. The van der Waals surface area contributed by atoms with Crippen molar-refractivity contribution in [1.82, 2.24) is 10.2 Å². The summed E-state index contributed by atoms with van der Waals surface area (Å²) in [6.45, 7) is 9.52. The Bertz CT molecular complexity index is 263. The number of rotatable bonds is 5. The highest BCUT2D eigenvalue weighted by Gasteiger charge is 2.25. The summed E-state index contributed by atoms with van der Waals surface area (Å²) in [4.78, 5) is 2.50. The molecule has 112 valence electrons. The number of morpholine rings is 1. The van der Waals surface area contributed by atoms with Gasteiger partial charge in [-0.25, -0.2) is 0 Å². The second-order valence-corrected chi connectivity index (χ2v) is 6.86. The molecule has 0 bridgehead atoms. The maximum Gasteiger partial charge on any atom is 0.0826 e. The Hall–Kier alpha value is 0.170. The fourth-order valence-electron chi connectivity index (χ4n) is 3.16. The lowest BCUT2D eigenvalue weighted by molar-refractivity contribution is -0.0374. The van der Waals surface area contributed by atoms with Crippen molar-refractivity contribution in [2.45, 2.75) is 57.1 Å². The van der Waals surface area contributed by atoms with Crippen molar-refractivity contribution in [3.05, 3.63) is 0 Å².